The molecular weight excluding hydrogens is 289 g/mol. The topological polar surface area (TPSA) is 30.7 Å². The number of nitrogens with zero attached hydrogens (tertiary/aromatic N) is 3. The van der Waals surface area contributed by atoms with Gasteiger partial charge in [0.1, 0.15) is 11.5 Å². The van der Waals surface area contributed by atoms with Crippen LogP contribution in [0.5, 0.6) is 0 Å². The van der Waals surface area contributed by atoms with Gasteiger partial charge in [-0.15, -0.1) is 0 Å². The second kappa shape index (κ2) is 5.65. The van der Waals surface area contributed by atoms with E-state index in [-0.39, 0.29) is 5.82 Å². The molecule has 0 atom stereocenters. The molecule has 23 heavy (non-hydrogen) atoms. The van der Waals surface area contributed by atoms with Crippen LogP contribution in [0.15, 0.2) is 73.1 Å². The van der Waals surface area contributed by atoms with Crippen LogP contribution >= 0.6 is 0 Å². The molecule has 2 aliphatic rings. The predicted molar refractivity (Wildman–Crippen MR) is 87.6 cm³/mol. The summed E-state index contributed by atoms with van der Waals surface area (Å²) in [7, 11) is 0. The minimum Gasteiger partial charge on any atom is -0.348 e. The predicted octanol–water partition coefficient (Wildman–Crippen LogP) is 4.24. The molecule has 4 rings (SSSR count). The Hall–Kier alpha value is -3.01. The molecule has 0 saturated heterocycles. The molecule has 2 aliphatic heterocycles. The Kier molecular flexibility index (Phi) is 3.35. The quantitative estimate of drug-likeness (QED) is 0.567. The summed E-state index contributed by atoms with van der Waals surface area (Å²) in [5.41, 5.74) is 3.61. The van der Waals surface area contributed by atoms with E-state index in [2.05, 4.69) is 9.97 Å². The third-order valence-corrected chi connectivity index (χ3v) is 3.71. The maximum absolute atomic E-state index is 13.3. The van der Waals surface area contributed by atoms with Crippen LogP contribution in [0, 0.1) is 5.82 Å². The SMILES string of the molecule is Fc1cccc(Cn2ccc3nc(-c4ccccc4)nc-3c2)c1. The van der Waals surface area contributed by atoms with Gasteiger partial charge in [0.2, 0.25) is 0 Å². The molecule has 0 aliphatic carbocycles. The van der Waals surface area contributed by atoms with E-state index in [1.54, 1.807) is 12.1 Å². The van der Waals surface area contributed by atoms with Crippen LogP contribution in [0.25, 0.3) is 22.8 Å². The van der Waals surface area contributed by atoms with Crippen LogP contribution in [0.1, 0.15) is 5.56 Å². The summed E-state index contributed by atoms with van der Waals surface area (Å²) in [5, 5.41) is 0. The van der Waals surface area contributed by atoms with Gasteiger partial charge in [0.15, 0.2) is 5.82 Å². The van der Waals surface area contributed by atoms with Gasteiger partial charge >= 0.3 is 0 Å². The number of benzene rings is 2. The summed E-state index contributed by atoms with van der Waals surface area (Å²) in [4.78, 5) is 9.16. The Bertz CT molecular complexity index is 915. The summed E-state index contributed by atoms with van der Waals surface area (Å²) in [6.07, 6.45) is 3.89. The molecule has 0 radical (unpaired) electrons. The standard InChI is InChI=1S/C19H14FN3/c20-16-8-4-5-14(11-16)12-23-10-9-17-18(13-23)22-19(21-17)15-6-2-1-3-7-15/h1-11,13H,12H2. The Morgan fingerprint density at radius 2 is 1.70 bits per heavy atom. The average Bonchev–Trinajstić information content (AvgIpc) is 2.99. The van der Waals surface area contributed by atoms with Gasteiger partial charge in [-0.3, -0.25) is 0 Å². The Morgan fingerprint density at radius 3 is 2.52 bits per heavy atom. The number of fused-ring (bicyclic) bond motifs is 1. The molecule has 0 N–H and O–H groups in total. The van der Waals surface area contributed by atoms with Crippen molar-refractivity contribution < 1.29 is 4.39 Å². The van der Waals surface area contributed by atoms with E-state index in [4.69, 9.17) is 0 Å². The van der Waals surface area contributed by atoms with Crippen molar-refractivity contribution in [2.75, 3.05) is 0 Å². The lowest BCUT2D eigenvalue weighted by Crippen LogP contribution is -2.01. The summed E-state index contributed by atoms with van der Waals surface area (Å²) < 4.78 is 15.3. The summed E-state index contributed by atoms with van der Waals surface area (Å²) in [5.74, 6) is 0.507. The normalized spacial score (nSPS) is 11.0. The minimum atomic E-state index is -0.219. The molecular formula is C19H14FN3. The highest BCUT2D eigenvalue weighted by atomic mass is 19.1. The zero-order chi connectivity index (χ0) is 15.6. The molecule has 0 unspecified atom stereocenters. The van der Waals surface area contributed by atoms with Crippen molar-refractivity contribution >= 4 is 0 Å². The molecule has 2 heterocycles. The number of imidazole rings is 1. The zero-order valence-corrected chi connectivity index (χ0v) is 12.4. The Morgan fingerprint density at radius 1 is 0.870 bits per heavy atom. The van der Waals surface area contributed by atoms with Crippen molar-refractivity contribution in [2.24, 2.45) is 0 Å². The van der Waals surface area contributed by atoms with Gasteiger partial charge < -0.3 is 4.57 Å². The van der Waals surface area contributed by atoms with E-state index in [1.807, 2.05) is 59.4 Å². The van der Waals surface area contributed by atoms with Crippen LogP contribution < -0.4 is 0 Å². The van der Waals surface area contributed by atoms with Crippen molar-refractivity contribution in [3.8, 4) is 22.8 Å². The van der Waals surface area contributed by atoms with Crippen molar-refractivity contribution in [1.29, 1.82) is 0 Å². The first-order valence-electron chi connectivity index (χ1n) is 7.41. The Labute approximate surface area is 133 Å². The number of hydrogen-bond donors (Lipinski definition) is 0. The molecule has 0 spiro atoms. The minimum absolute atomic E-state index is 0.219. The molecule has 112 valence electrons. The van der Waals surface area contributed by atoms with Crippen molar-refractivity contribution in [3.05, 3.63) is 84.4 Å². The fourth-order valence-electron chi connectivity index (χ4n) is 2.61. The molecule has 0 bridgehead atoms. The monoisotopic (exact) mass is 303 g/mol. The number of rotatable bonds is 3. The number of pyridine rings is 1. The van der Waals surface area contributed by atoms with Crippen LogP contribution in [0.4, 0.5) is 4.39 Å². The molecule has 2 aromatic carbocycles. The maximum atomic E-state index is 13.3. The molecule has 3 nitrogen and oxygen atoms in total. The number of hydrogen-bond acceptors (Lipinski definition) is 2. The second-order valence-electron chi connectivity index (χ2n) is 5.43. The highest BCUT2D eigenvalue weighted by Crippen LogP contribution is 2.24. The molecule has 0 saturated carbocycles. The molecule has 2 aromatic rings. The lowest BCUT2D eigenvalue weighted by atomic mass is 10.2. The maximum Gasteiger partial charge on any atom is 0.160 e. The van der Waals surface area contributed by atoms with E-state index >= 15 is 0 Å². The second-order valence-corrected chi connectivity index (χ2v) is 5.43. The molecule has 0 fully saturated rings. The molecule has 0 aromatic heterocycles. The highest BCUT2D eigenvalue weighted by Gasteiger charge is 2.12. The van der Waals surface area contributed by atoms with Gasteiger partial charge in [0.25, 0.3) is 0 Å². The van der Waals surface area contributed by atoms with Gasteiger partial charge in [-0.05, 0) is 23.8 Å². The first kappa shape index (κ1) is 13.6. The summed E-state index contributed by atoms with van der Waals surface area (Å²) in [6, 6.07) is 18.5. The fraction of sp³-hybridized carbons (Fsp3) is 0.0526. The molecule has 4 heteroatoms. The zero-order valence-electron chi connectivity index (χ0n) is 12.4. The van der Waals surface area contributed by atoms with Crippen molar-refractivity contribution in [1.82, 2.24) is 14.5 Å². The van der Waals surface area contributed by atoms with E-state index in [0.29, 0.717) is 6.54 Å². The van der Waals surface area contributed by atoms with Crippen LogP contribution in [0.2, 0.25) is 0 Å². The van der Waals surface area contributed by atoms with Gasteiger partial charge in [-0.2, -0.15) is 0 Å². The molecule has 0 amide bonds. The lowest BCUT2D eigenvalue weighted by Gasteiger charge is -2.08. The fourth-order valence-corrected chi connectivity index (χ4v) is 2.61. The summed E-state index contributed by atoms with van der Waals surface area (Å²) >= 11 is 0. The third-order valence-electron chi connectivity index (χ3n) is 3.71. The first-order chi connectivity index (χ1) is 11.3. The van der Waals surface area contributed by atoms with E-state index < -0.39 is 0 Å². The lowest BCUT2D eigenvalue weighted by molar-refractivity contribution is 0.623. The smallest absolute Gasteiger partial charge is 0.160 e. The van der Waals surface area contributed by atoms with Gasteiger partial charge in [0, 0.05) is 24.5 Å². The average molecular weight is 303 g/mol. The summed E-state index contributed by atoms with van der Waals surface area (Å²) in [6.45, 7) is 0.598. The number of aromatic nitrogens is 3. The first-order valence-corrected chi connectivity index (χ1v) is 7.41. The number of halogens is 1. The van der Waals surface area contributed by atoms with Gasteiger partial charge in [-0.25, -0.2) is 14.4 Å². The van der Waals surface area contributed by atoms with Crippen molar-refractivity contribution in [3.63, 3.8) is 0 Å². The highest BCUT2D eigenvalue weighted by molar-refractivity contribution is 5.65. The van der Waals surface area contributed by atoms with E-state index in [0.717, 1.165) is 28.3 Å². The van der Waals surface area contributed by atoms with E-state index in [1.165, 1.54) is 6.07 Å². The van der Waals surface area contributed by atoms with Crippen LogP contribution in [-0.4, -0.2) is 14.5 Å². The Balaban J connectivity index is 1.67. The van der Waals surface area contributed by atoms with Crippen molar-refractivity contribution in [2.45, 2.75) is 6.54 Å². The van der Waals surface area contributed by atoms with E-state index in [9.17, 15) is 4.39 Å². The largest absolute Gasteiger partial charge is 0.348 e. The van der Waals surface area contributed by atoms with Gasteiger partial charge in [0.05, 0.1) is 5.69 Å². The van der Waals surface area contributed by atoms with Crippen LogP contribution in [-0.2, 0) is 6.54 Å². The van der Waals surface area contributed by atoms with Crippen LogP contribution in [0.3, 0.4) is 0 Å². The third kappa shape index (κ3) is 2.83. The van der Waals surface area contributed by atoms with Gasteiger partial charge in [-0.1, -0.05) is 42.5 Å².